The highest BCUT2D eigenvalue weighted by molar-refractivity contribution is 7.89. The number of sulfonamides is 1. The van der Waals surface area contributed by atoms with Crippen LogP contribution in [0.1, 0.15) is 17.5 Å². The van der Waals surface area contributed by atoms with Crippen molar-refractivity contribution in [2.24, 2.45) is 23.7 Å². The van der Waals surface area contributed by atoms with Gasteiger partial charge in [0.1, 0.15) is 0 Å². The molecule has 0 saturated heterocycles. The highest BCUT2D eigenvalue weighted by Gasteiger charge is 2.51. The second kappa shape index (κ2) is 7.86. The van der Waals surface area contributed by atoms with Crippen molar-refractivity contribution in [3.63, 3.8) is 0 Å². The number of hydrogen-bond acceptors (Lipinski definition) is 4. The van der Waals surface area contributed by atoms with Gasteiger partial charge in [0.05, 0.1) is 16.7 Å². The minimum atomic E-state index is -3.66. The highest BCUT2D eigenvalue weighted by Crippen LogP contribution is 2.48. The molecular weight excluding hydrogens is 428 g/mol. The van der Waals surface area contributed by atoms with Crippen molar-refractivity contribution in [3.8, 4) is 0 Å². The first-order chi connectivity index (χ1) is 15.3. The molecule has 4 atom stereocenters. The van der Waals surface area contributed by atoms with Gasteiger partial charge in [-0.25, -0.2) is 8.42 Å². The maximum Gasteiger partial charge on any atom is 0.307 e. The lowest BCUT2D eigenvalue weighted by Gasteiger charge is -2.28. The summed E-state index contributed by atoms with van der Waals surface area (Å²) in [6, 6.07) is 13.9. The van der Waals surface area contributed by atoms with Crippen LogP contribution in [0.25, 0.3) is 0 Å². The zero-order chi connectivity index (χ0) is 22.5. The van der Waals surface area contributed by atoms with Crippen LogP contribution in [-0.2, 0) is 32.6 Å². The van der Waals surface area contributed by atoms with Crippen LogP contribution in [-0.4, -0.2) is 36.3 Å². The Bertz CT molecular complexity index is 1210. The standard InChI is InChI=1S/C24H24N2O5S/c27-23(21-16-5-6-17(13-16)22(21)24(28)29)25-19-7-9-20(10-8-19)32(30,31)26-12-11-15-3-1-2-4-18(15)14-26/h1-10,16-17,21-22H,11-14H2,(H,25,27)(H,28,29)/t16-,17+,21-,22+/m0/s1. The van der Waals surface area contributed by atoms with Gasteiger partial charge in [-0.15, -0.1) is 0 Å². The van der Waals surface area contributed by atoms with Crippen molar-refractivity contribution in [2.45, 2.75) is 24.3 Å². The summed E-state index contributed by atoms with van der Waals surface area (Å²) in [5, 5.41) is 12.3. The quantitative estimate of drug-likeness (QED) is 0.679. The van der Waals surface area contributed by atoms with Crippen LogP contribution in [0.4, 0.5) is 5.69 Å². The molecule has 0 unspecified atom stereocenters. The number of benzene rings is 2. The number of carbonyl (C=O) groups excluding carboxylic acids is 1. The number of carboxylic acid groups (broad SMARTS) is 1. The molecule has 0 aromatic heterocycles. The molecule has 0 radical (unpaired) electrons. The van der Waals surface area contributed by atoms with Crippen molar-refractivity contribution in [1.29, 1.82) is 0 Å². The Kier molecular flexibility index (Phi) is 5.14. The molecule has 1 amide bonds. The molecular formula is C24H24N2O5S. The van der Waals surface area contributed by atoms with Crippen LogP contribution in [0.2, 0.25) is 0 Å². The van der Waals surface area contributed by atoms with E-state index in [0.29, 0.717) is 31.6 Å². The molecule has 166 valence electrons. The second-order valence-corrected chi connectivity index (χ2v) is 10.6. The minimum Gasteiger partial charge on any atom is -0.481 e. The number of carbonyl (C=O) groups is 2. The van der Waals surface area contributed by atoms with Gasteiger partial charge in [-0.1, -0.05) is 36.4 Å². The average Bonchev–Trinajstić information content (AvgIpc) is 3.41. The molecule has 1 fully saturated rings. The molecule has 32 heavy (non-hydrogen) atoms. The van der Waals surface area contributed by atoms with Gasteiger partial charge in [-0.2, -0.15) is 4.31 Å². The molecule has 8 heteroatoms. The maximum absolute atomic E-state index is 13.1. The smallest absolute Gasteiger partial charge is 0.307 e. The van der Waals surface area contributed by atoms with Crippen LogP contribution in [0.15, 0.2) is 65.6 Å². The normalized spacial score (nSPS) is 26.6. The summed E-state index contributed by atoms with van der Waals surface area (Å²) >= 11 is 0. The third-order valence-corrected chi connectivity index (χ3v) is 8.76. The van der Waals surface area contributed by atoms with E-state index in [9.17, 15) is 23.1 Å². The van der Waals surface area contributed by atoms with Crippen molar-refractivity contribution in [1.82, 2.24) is 4.31 Å². The molecule has 3 aliphatic rings. The number of allylic oxidation sites excluding steroid dienone is 2. The van der Waals surface area contributed by atoms with Gasteiger partial charge < -0.3 is 10.4 Å². The SMILES string of the molecule is O=C(Nc1ccc(S(=O)(=O)N2CCc3ccccc3C2)cc1)[C@@H]1[C@H](C(=O)O)[C@@H]2C=C[C@H]1C2. The van der Waals surface area contributed by atoms with E-state index in [1.54, 1.807) is 12.1 Å². The number of fused-ring (bicyclic) bond motifs is 3. The summed E-state index contributed by atoms with van der Waals surface area (Å²) in [5.74, 6) is -2.78. The Morgan fingerprint density at radius 1 is 0.938 bits per heavy atom. The monoisotopic (exact) mass is 452 g/mol. The number of rotatable bonds is 5. The van der Waals surface area contributed by atoms with Crippen LogP contribution in [0.5, 0.6) is 0 Å². The summed E-state index contributed by atoms with van der Waals surface area (Å²) < 4.78 is 27.7. The van der Waals surface area contributed by atoms with Gasteiger partial charge >= 0.3 is 5.97 Å². The Hall–Kier alpha value is -2.97. The summed E-state index contributed by atoms with van der Waals surface area (Å²) in [6.07, 6.45) is 5.18. The fourth-order valence-electron chi connectivity index (χ4n) is 5.28. The number of anilines is 1. The maximum atomic E-state index is 13.1. The number of nitrogens with zero attached hydrogens (tertiary/aromatic N) is 1. The van der Waals surface area contributed by atoms with Gasteiger partial charge in [-0.3, -0.25) is 9.59 Å². The van der Waals surface area contributed by atoms with E-state index in [4.69, 9.17) is 0 Å². The highest BCUT2D eigenvalue weighted by atomic mass is 32.2. The first-order valence-electron chi connectivity index (χ1n) is 10.7. The number of hydrogen-bond donors (Lipinski definition) is 2. The van der Waals surface area contributed by atoms with Crippen molar-refractivity contribution in [3.05, 3.63) is 71.8 Å². The van der Waals surface area contributed by atoms with E-state index in [-0.39, 0.29) is 22.6 Å². The molecule has 2 N–H and O–H groups in total. The first kappa shape index (κ1) is 20.9. The predicted octanol–water partition coefficient (Wildman–Crippen LogP) is 2.90. The third kappa shape index (κ3) is 3.53. The van der Waals surface area contributed by atoms with Crippen molar-refractivity contribution >= 4 is 27.6 Å². The summed E-state index contributed by atoms with van der Waals surface area (Å²) in [7, 11) is -3.66. The van der Waals surface area contributed by atoms with E-state index in [0.717, 1.165) is 5.56 Å². The van der Waals surface area contributed by atoms with Crippen LogP contribution in [0.3, 0.4) is 0 Å². The third-order valence-electron chi connectivity index (χ3n) is 6.90. The largest absolute Gasteiger partial charge is 0.481 e. The zero-order valence-electron chi connectivity index (χ0n) is 17.3. The lowest BCUT2D eigenvalue weighted by atomic mass is 9.82. The van der Waals surface area contributed by atoms with Crippen molar-refractivity contribution < 1.29 is 23.1 Å². The number of nitrogens with one attached hydrogen (secondary N) is 1. The Balaban J connectivity index is 1.30. The van der Waals surface area contributed by atoms with Gasteiger partial charge in [-0.05, 0) is 60.1 Å². The molecule has 2 aromatic carbocycles. The fraction of sp³-hybridized carbons (Fsp3) is 0.333. The van der Waals surface area contributed by atoms with Gasteiger partial charge in [0.15, 0.2) is 0 Å². The van der Waals surface area contributed by atoms with Crippen LogP contribution >= 0.6 is 0 Å². The number of amides is 1. The first-order valence-corrected chi connectivity index (χ1v) is 12.2. The van der Waals surface area contributed by atoms with Crippen LogP contribution in [0, 0.1) is 23.7 Å². The topological polar surface area (TPSA) is 104 Å². The van der Waals surface area contributed by atoms with E-state index >= 15 is 0 Å². The molecule has 1 heterocycles. The van der Waals surface area contributed by atoms with Crippen LogP contribution < -0.4 is 5.32 Å². The predicted molar refractivity (Wildman–Crippen MR) is 118 cm³/mol. The van der Waals surface area contributed by atoms with Gasteiger partial charge in [0.2, 0.25) is 15.9 Å². The zero-order valence-corrected chi connectivity index (χ0v) is 18.2. The Labute approximate surface area is 186 Å². The molecule has 0 spiro atoms. The fourth-order valence-corrected chi connectivity index (χ4v) is 6.70. The van der Waals surface area contributed by atoms with E-state index in [2.05, 4.69) is 5.32 Å². The average molecular weight is 453 g/mol. The molecule has 1 saturated carbocycles. The summed E-state index contributed by atoms with van der Waals surface area (Å²) in [4.78, 5) is 24.7. The molecule has 5 rings (SSSR count). The van der Waals surface area contributed by atoms with E-state index < -0.39 is 27.8 Å². The molecule has 1 aliphatic heterocycles. The second-order valence-electron chi connectivity index (χ2n) is 8.71. The number of aliphatic carboxylic acids is 1. The molecule has 7 nitrogen and oxygen atoms in total. The lowest BCUT2D eigenvalue weighted by molar-refractivity contribution is -0.146. The Morgan fingerprint density at radius 3 is 2.28 bits per heavy atom. The lowest BCUT2D eigenvalue weighted by Crippen LogP contribution is -2.36. The minimum absolute atomic E-state index is 0.0669. The van der Waals surface area contributed by atoms with Gasteiger partial charge in [0.25, 0.3) is 0 Å². The molecule has 2 aliphatic carbocycles. The molecule has 2 bridgehead atoms. The number of carboxylic acids is 1. The molecule has 2 aromatic rings. The van der Waals surface area contributed by atoms with E-state index in [1.165, 1.54) is 22.0 Å². The summed E-state index contributed by atoms with van der Waals surface area (Å²) in [6.45, 7) is 0.761. The van der Waals surface area contributed by atoms with Gasteiger partial charge in [0, 0.05) is 18.8 Å². The van der Waals surface area contributed by atoms with E-state index in [1.807, 2.05) is 36.4 Å². The summed E-state index contributed by atoms with van der Waals surface area (Å²) in [5.41, 5.74) is 2.64. The Morgan fingerprint density at radius 2 is 1.59 bits per heavy atom. The van der Waals surface area contributed by atoms with Crippen molar-refractivity contribution in [2.75, 3.05) is 11.9 Å².